The molecule has 2 aromatic heterocycles. The van der Waals surface area contributed by atoms with E-state index in [9.17, 15) is 9.90 Å². The van der Waals surface area contributed by atoms with Gasteiger partial charge in [-0.3, -0.25) is 9.69 Å². The number of hydrogen-bond donors (Lipinski definition) is 1. The standard InChI is InChI=1S/C19H22N4O2S/c1-3-15-20-19-23(21-15)18(25)17(26-19)16(13-6-4-5-12(2)11-13)22-9-7-14(24)8-10-22/h4-6,11,16,25H,3,7-10H2,1-2H3. The molecule has 1 unspecified atom stereocenters. The number of likely N-dealkylation sites (tertiary alicyclic amines) is 1. The third-order valence-corrected chi connectivity index (χ3v) is 5.96. The van der Waals surface area contributed by atoms with Crippen molar-refractivity contribution in [2.75, 3.05) is 13.1 Å². The molecule has 3 aromatic rings. The van der Waals surface area contributed by atoms with Crippen molar-refractivity contribution in [1.82, 2.24) is 19.5 Å². The van der Waals surface area contributed by atoms with Crippen LogP contribution in [0.15, 0.2) is 24.3 Å². The van der Waals surface area contributed by atoms with Crippen LogP contribution < -0.4 is 0 Å². The van der Waals surface area contributed by atoms with Crippen molar-refractivity contribution in [2.24, 2.45) is 0 Å². The summed E-state index contributed by atoms with van der Waals surface area (Å²) < 4.78 is 1.54. The maximum atomic E-state index is 11.7. The van der Waals surface area contributed by atoms with Crippen molar-refractivity contribution in [2.45, 2.75) is 39.2 Å². The molecule has 0 aliphatic carbocycles. The van der Waals surface area contributed by atoms with E-state index in [4.69, 9.17) is 0 Å². The molecule has 136 valence electrons. The molecule has 1 saturated heterocycles. The molecule has 6 nitrogen and oxygen atoms in total. The number of piperidine rings is 1. The molecule has 3 heterocycles. The molecule has 0 radical (unpaired) electrons. The lowest BCUT2D eigenvalue weighted by molar-refractivity contribution is -0.121. The van der Waals surface area contributed by atoms with E-state index in [1.165, 1.54) is 21.4 Å². The Kier molecular flexibility index (Phi) is 4.50. The van der Waals surface area contributed by atoms with Crippen molar-refractivity contribution in [3.8, 4) is 5.88 Å². The van der Waals surface area contributed by atoms with Gasteiger partial charge in [-0.1, -0.05) is 48.1 Å². The van der Waals surface area contributed by atoms with Crippen molar-refractivity contribution >= 4 is 22.1 Å². The molecular weight excluding hydrogens is 348 g/mol. The lowest BCUT2D eigenvalue weighted by atomic mass is 9.98. The van der Waals surface area contributed by atoms with Crippen LogP contribution >= 0.6 is 11.3 Å². The number of ketones is 1. The molecule has 1 aliphatic rings. The zero-order valence-electron chi connectivity index (χ0n) is 15.0. The van der Waals surface area contributed by atoms with E-state index in [0.717, 1.165) is 22.7 Å². The third-order valence-electron chi connectivity index (χ3n) is 4.89. The fourth-order valence-electron chi connectivity index (χ4n) is 3.52. The van der Waals surface area contributed by atoms with E-state index >= 15 is 0 Å². The summed E-state index contributed by atoms with van der Waals surface area (Å²) in [5, 5.41) is 15.3. The molecule has 1 atom stereocenters. The molecule has 1 aromatic carbocycles. The summed E-state index contributed by atoms with van der Waals surface area (Å²) in [5.74, 6) is 1.19. The maximum Gasteiger partial charge on any atom is 0.230 e. The second-order valence-corrected chi connectivity index (χ2v) is 7.77. The third kappa shape index (κ3) is 3.01. The first-order valence-electron chi connectivity index (χ1n) is 8.96. The van der Waals surface area contributed by atoms with Crippen molar-refractivity contribution < 1.29 is 9.90 Å². The van der Waals surface area contributed by atoms with Crippen LogP contribution in [-0.2, 0) is 11.2 Å². The first kappa shape index (κ1) is 17.2. The van der Waals surface area contributed by atoms with E-state index in [1.807, 2.05) is 13.0 Å². The average molecular weight is 370 g/mol. The smallest absolute Gasteiger partial charge is 0.230 e. The lowest BCUT2D eigenvalue weighted by Gasteiger charge is -2.33. The number of Topliss-reactive ketones (excluding diaryl/α,β-unsaturated/α-hetero) is 1. The van der Waals surface area contributed by atoms with Gasteiger partial charge in [-0.2, -0.15) is 4.52 Å². The number of aromatic hydroxyl groups is 1. The minimum absolute atomic E-state index is 0.0958. The minimum Gasteiger partial charge on any atom is -0.492 e. The number of carbonyl (C=O) groups excluding carboxylic acids is 1. The van der Waals surface area contributed by atoms with Crippen LogP contribution in [0.25, 0.3) is 4.96 Å². The largest absolute Gasteiger partial charge is 0.492 e. The molecule has 0 saturated carbocycles. The first-order valence-corrected chi connectivity index (χ1v) is 9.78. The molecule has 26 heavy (non-hydrogen) atoms. The summed E-state index contributed by atoms with van der Waals surface area (Å²) >= 11 is 1.48. The number of rotatable bonds is 4. The molecular formula is C19H22N4O2S. The lowest BCUT2D eigenvalue weighted by Crippen LogP contribution is -2.37. The second-order valence-electron chi connectivity index (χ2n) is 6.76. The Morgan fingerprint density at radius 2 is 2.08 bits per heavy atom. The van der Waals surface area contributed by atoms with E-state index in [1.54, 1.807) is 0 Å². The number of thiazole rings is 1. The van der Waals surface area contributed by atoms with Crippen LogP contribution in [0.2, 0.25) is 0 Å². The van der Waals surface area contributed by atoms with Crippen molar-refractivity contribution in [3.05, 3.63) is 46.1 Å². The highest BCUT2D eigenvalue weighted by molar-refractivity contribution is 7.17. The van der Waals surface area contributed by atoms with Crippen molar-refractivity contribution in [1.29, 1.82) is 0 Å². The van der Waals surface area contributed by atoms with Crippen molar-refractivity contribution in [3.63, 3.8) is 0 Å². The van der Waals surface area contributed by atoms with Gasteiger partial charge in [0.2, 0.25) is 10.8 Å². The Balaban J connectivity index is 1.81. The van der Waals surface area contributed by atoms with Gasteiger partial charge < -0.3 is 5.11 Å². The highest BCUT2D eigenvalue weighted by Gasteiger charge is 2.31. The molecule has 1 aliphatic heterocycles. The van der Waals surface area contributed by atoms with Gasteiger partial charge in [0.25, 0.3) is 0 Å². The highest BCUT2D eigenvalue weighted by atomic mass is 32.1. The zero-order valence-corrected chi connectivity index (χ0v) is 15.8. The summed E-state index contributed by atoms with van der Waals surface area (Å²) in [5.41, 5.74) is 2.29. The number of aryl methyl sites for hydroxylation is 2. The van der Waals surface area contributed by atoms with E-state index in [2.05, 4.69) is 40.1 Å². The normalized spacial score (nSPS) is 17.1. The maximum absolute atomic E-state index is 11.7. The highest BCUT2D eigenvalue weighted by Crippen LogP contribution is 2.40. The molecule has 7 heteroatoms. The van der Waals surface area contributed by atoms with Gasteiger partial charge in [0.15, 0.2) is 5.82 Å². The van der Waals surface area contributed by atoms with Crippen LogP contribution in [0.4, 0.5) is 0 Å². The number of nitrogens with zero attached hydrogens (tertiary/aromatic N) is 4. The summed E-state index contributed by atoms with van der Waals surface area (Å²) in [6.45, 7) is 5.46. The quantitative estimate of drug-likeness (QED) is 0.764. The molecule has 4 rings (SSSR count). The van der Waals surface area contributed by atoms with E-state index < -0.39 is 0 Å². The van der Waals surface area contributed by atoms with Crippen LogP contribution in [-0.4, -0.2) is 43.5 Å². The van der Waals surface area contributed by atoms with Crippen LogP contribution in [0.5, 0.6) is 5.88 Å². The Labute approximate surface area is 156 Å². The van der Waals surface area contributed by atoms with Gasteiger partial charge in [0.05, 0.1) is 10.9 Å². The number of aromatic nitrogens is 3. The number of carbonyl (C=O) groups is 1. The number of fused-ring (bicyclic) bond motifs is 1. The molecule has 1 N–H and O–H groups in total. The van der Waals surface area contributed by atoms with Gasteiger partial charge in [-0.15, -0.1) is 5.10 Å². The fourth-order valence-corrected chi connectivity index (χ4v) is 4.65. The van der Waals surface area contributed by atoms with Crippen LogP contribution in [0.1, 0.15) is 47.6 Å². The Morgan fingerprint density at radius 1 is 1.31 bits per heavy atom. The predicted octanol–water partition coefficient (Wildman–Crippen LogP) is 3.12. The SMILES string of the molecule is CCc1nc2sc(C(c3cccc(C)c3)N3CCC(=O)CC3)c(O)n2n1. The summed E-state index contributed by atoms with van der Waals surface area (Å²) in [4.78, 5) is 20.0. The summed E-state index contributed by atoms with van der Waals surface area (Å²) in [6, 6.07) is 8.24. The predicted molar refractivity (Wildman–Crippen MR) is 101 cm³/mol. The van der Waals surface area contributed by atoms with Crippen LogP contribution in [0, 0.1) is 6.92 Å². The molecule has 0 amide bonds. The monoisotopic (exact) mass is 370 g/mol. The molecule has 1 fully saturated rings. The zero-order chi connectivity index (χ0) is 18.3. The molecule has 0 bridgehead atoms. The van der Waals surface area contributed by atoms with Gasteiger partial charge in [-0.25, -0.2) is 4.98 Å². The fraction of sp³-hybridized carbons (Fsp3) is 0.421. The van der Waals surface area contributed by atoms with E-state index in [0.29, 0.717) is 36.7 Å². The van der Waals surface area contributed by atoms with E-state index in [-0.39, 0.29) is 11.9 Å². The topological polar surface area (TPSA) is 70.7 Å². The Morgan fingerprint density at radius 3 is 2.73 bits per heavy atom. The number of benzene rings is 1. The van der Waals surface area contributed by atoms with Gasteiger partial charge >= 0.3 is 0 Å². The Bertz CT molecular complexity index is 952. The molecule has 0 spiro atoms. The van der Waals surface area contributed by atoms with Gasteiger partial charge in [0.1, 0.15) is 5.78 Å². The summed E-state index contributed by atoms with van der Waals surface area (Å²) in [6.07, 6.45) is 1.85. The summed E-state index contributed by atoms with van der Waals surface area (Å²) in [7, 11) is 0. The van der Waals surface area contributed by atoms with Crippen LogP contribution in [0.3, 0.4) is 0 Å². The van der Waals surface area contributed by atoms with Gasteiger partial charge in [-0.05, 0) is 12.5 Å². The Hall–Kier alpha value is -2.25. The first-order chi connectivity index (χ1) is 12.6. The number of hydrogen-bond acceptors (Lipinski definition) is 6. The van der Waals surface area contributed by atoms with Gasteiger partial charge in [0, 0.05) is 32.4 Å². The minimum atomic E-state index is -0.0958. The second kappa shape index (κ2) is 6.81. The average Bonchev–Trinajstić information content (AvgIpc) is 3.17.